The number of thioether (sulfide) groups is 1. The average molecular weight is 271 g/mol. The van der Waals surface area contributed by atoms with E-state index in [4.69, 9.17) is 0 Å². The molecule has 0 bridgehead atoms. The average Bonchev–Trinajstić information content (AvgIpc) is 2.32. The van der Waals surface area contributed by atoms with E-state index in [2.05, 4.69) is 48.0 Å². The highest BCUT2D eigenvalue weighted by molar-refractivity contribution is 7.99. The lowest BCUT2D eigenvalue weighted by molar-refractivity contribution is 0.0271. The summed E-state index contributed by atoms with van der Waals surface area (Å²) in [4.78, 5) is 4.99. The van der Waals surface area contributed by atoms with E-state index in [9.17, 15) is 0 Å². The zero-order valence-corrected chi connectivity index (χ0v) is 13.1. The molecule has 0 spiro atoms. The van der Waals surface area contributed by atoms with E-state index in [1.54, 1.807) is 0 Å². The summed E-state index contributed by atoms with van der Waals surface area (Å²) in [6.45, 7) is 3.66. The van der Waals surface area contributed by atoms with Crippen molar-refractivity contribution in [3.63, 3.8) is 0 Å². The van der Waals surface area contributed by atoms with Gasteiger partial charge >= 0.3 is 0 Å². The number of rotatable bonds is 6. The van der Waals surface area contributed by atoms with Crippen LogP contribution in [0.4, 0.5) is 0 Å². The van der Waals surface area contributed by atoms with Crippen LogP contribution in [-0.4, -0.2) is 73.7 Å². The first kappa shape index (κ1) is 14.6. The molecule has 1 saturated heterocycles. The Kier molecular flexibility index (Phi) is 5.36. The predicted octanol–water partition coefficient (Wildman–Crippen LogP) is 1.50. The van der Waals surface area contributed by atoms with E-state index >= 15 is 0 Å². The van der Waals surface area contributed by atoms with E-state index < -0.39 is 0 Å². The summed E-state index contributed by atoms with van der Waals surface area (Å²) in [5, 5.41) is 3.63. The van der Waals surface area contributed by atoms with Crippen molar-refractivity contribution in [3.05, 3.63) is 0 Å². The molecule has 106 valence electrons. The standard InChI is InChI=1S/C14H29N3S/c1-16(2)14(6-4-7-14)12-17(3)9-5-13-11-18-10-8-15-13/h13,15H,4-12H2,1-3H3. The molecule has 18 heavy (non-hydrogen) atoms. The molecule has 0 aromatic heterocycles. The number of hydrogen-bond acceptors (Lipinski definition) is 4. The summed E-state index contributed by atoms with van der Waals surface area (Å²) >= 11 is 2.10. The van der Waals surface area contributed by atoms with Gasteiger partial charge in [-0.25, -0.2) is 0 Å². The predicted molar refractivity (Wildman–Crippen MR) is 81.5 cm³/mol. The highest BCUT2D eigenvalue weighted by Gasteiger charge is 2.39. The maximum Gasteiger partial charge on any atom is 0.0330 e. The molecule has 4 heteroatoms. The molecule has 1 unspecified atom stereocenters. The minimum Gasteiger partial charge on any atom is -0.312 e. The zero-order valence-electron chi connectivity index (χ0n) is 12.2. The Bertz CT molecular complexity index is 247. The molecular formula is C14H29N3S. The minimum absolute atomic E-state index is 0.476. The van der Waals surface area contributed by atoms with Crippen LogP contribution in [0.15, 0.2) is 0 Å². The van der Waals surface area contributed by atoms with Crippen molar-refractivity contribution in [1.82, 2.24) is 15.1 Å². The summed E-state index contributed by atoms with van der Waals surface area (Å²) in [7, 11) is 6.78. The van der Waals surface area contributed by atoms with Crippen molar-refractivity contribution in [1.29, 1.82) is 0 Å². The first-order valence-corrected chi connectivity index (χ1v) is 8.45. The minimum atomic E-state index is 0.476. The lowest BCUT2D eigenvalue weighted by atomic mass is 9.75. The van der Waals surface area contributed by atoms with Gasteiger partial charge in [0.15, 0.2) is 0 Å². The van der Waals surface area contributed by atoms with Crippen LogP contribution in [0, 0.1) is 0 Å². The maximum atomic E-state index is 3.63. The monoisotopic (exact) mass is 271 g/mol. The van der Waals surface area contributed by atoms with Crippen LogP contribution >= 0.6 is 11.8 Å². The fourth-order valence-electron chi connectivity index (χ4n) is 3.09. The van der Waals surface area contributed by atoms with Crippen molar-refractivity contribution in [2.45, 2.75) is 37.3 Å². The van der Waals surface area contributed by atoms with Gasteiger partial charge in [-0.05, 0) is 53.4 Å². The number of hydrogen-bond donors (Lipinski definition) is 1. The molecule has 1 aliphatic carbocycles. The van der Waals surface area contributed by atoms with E-state index in [0.29, 0.717) is 5.54 Å². The van der Waals surface area contributed by atoms with Crippen molar-refractivity contribution >= 4 is 11.8 Å². The Hall–Kier alpha value is 0.230. The van der Waals surface area contributed by atoms with Crippen molar-refractivity contribution in [3.8, 4) is 0 Å². The maximum absolute atomic E-state index is 3.63. The van der Waals surface area contributed by atoms with Gasteiger partial charge in [-0.15, -0.1) is 0 Å². The van der Waals surface area contributed by atoms with Gasteiger partial charge in [-0.3, -0.25) is 0 Å². The molecule has 2 rings (SSSR count). The summed E-state index contributed by atoms with van der Waals surface area (Å²) < 4.78 is 0. The Labute approximate surface area is 117 Å². The first-order valence-electron chi connectivity index (χ1n) is 7.29. The number of nitrogens with zero attached hydrogens (tertiary/aromatic N) is 2. The SMILES string of the molecule is CN(CCC1CSCCN1)CC1(N(C)C)CCC1. The van der Waals surface area contributed by atoms with Crippen LogP contribution in [0.5, 0.6) is 0 Å². The molecular weight excluding hydrogens is 242 g/mol. The van der Waals surface area contributed by atoms with E-state index in [-0.39, 0.29) is 0 Å². The van der Waals surface area contributed by atoms with Crippen LogP contribution in [0.25, 0.3) is 0 Å². The summed E-state index contributed by atoms with van der Waals surface area (Å²) in [6, 6.07) is 0.739. The van der Waals surface area contributed by atoms with Crippen molar-refractivity contribution < 1.29 is 0 Å². The van der Waals surface area contributed by atoms with Crippen LogP contribution in [0.2, 0.25) is 0 Å². The molecule has 0 aromatic carbocycles. The second-order valence-corrected chi connectivity index (χ2v) is 7.37. The summed E-state index contributed by atoms with van der Waals surface area (Å²) in [6.07, 6.45) is 5.46. The van der Waals surface area contributed by atoms with Crippen LogP contribution in [0.3, 0.4) is 0 Å². The molecule has 2 aliphatic rings. The molecule has 1 N–H and O–H groups in total. The Morgan fingerprint density at radius 2 is 2.06 bits per heavy atom. The molecule has 2 fully saturated rings. The fourth-order valence-corrected chi connectivity index (χ4v) is 4.09. The van der Waals surface area contributed by atoms with Crippen LogP contribution in [0.1, 0.15) is 25.7 Å². The summed E-state index contributed by atoms with van der Waals surface area (Å²) in [5.74, 6) is 2.59. The van der Waals surface area contributed by atoms with Crippen LogP contribution in [-0.2, 0) is 0 Å². The van der Waals surface area contributed by atoms with Gasteiger partial charge in [-0.1, -0.05) is 0 Å². The smallest absolute Gasteiger partial charge is 0.0330 e. The lowest BCUT2D eigenvalue weighted by Crippen LogP contribution is -2.57. The molecule has 1 aliphatic heterocycles. The third-order valence-electron chi connectivity index (χ3n) is 4.65. The molecule has 1 saturated carbocycles. The molecule has 1 heterocycles. The van der Waals surface area contributed by atoms with Crippen molar-refractivity contribution in [2.75, 3.05) is 52.3 Å². The Balaban J connectivity index is 1.69. The molecule has 0 amide bonds. The van der Waals surface area contributed by atoms with Crippen LogP contribution < -0.4 is 5.32 Å². The Morgan fingerprint density at radius 1 is 1.28 bits per heavy atom. The number of nitrogens with one attached hydrogen (secondary N) is 1. The Morgan fingerprint density at radius 3 is 2.56 bits per heavy atom. The largest absolute Gasteiger partial charge is 0.312 e. The molecule has 3 nitrogen and oxygen atoms in total. The highest BCUT2D eigenvalue weighted by Crippen LogP contribution is 2.36. The normalized spacial score (nSPS) is 27.5. The van der Waals surface area contributed by atoms with E-state index in [1.807, 2.05) is 0 Å². The second kappa shape index (κ2) is 6.60. The van der Waals surface area contributed by atoms with E-state index in [0.717, 1.165) is 6.04 Å². The van der Waals surface area contributed by atoms with Gasteiger partial charge in [0.05, 0.1) is 0 Å². The lowest BCUT2D eigenvalue weighted by Gasteiger charge is -2.49. The first-order chi connectivity index (χ1) is 8.62. The number of likely N-dealkylation sites (N-methyl/N-ethyl adjacent to an activating group) is 2. The van der Waals surface area contributed by atoms with Gasteiger partial charge in [0.2, 0.25) is 0 Å². The molecule has 0 aromatic rings. The summed E-state index contributed by atoms with van der Waals surface area (Å²) in [5.41, 5.74) is 0.476. The quantitative estimate of drug-likeness (QED) is 0.789. The fraction of sp³-hybridized carbons (Fsp3) is 1.00. The van der Waals surface area contributed by atoms with Gasteiger partial charge in [-0.2, -0.15) is 11.8 Å². The molecule has 1 atom stereocenters. The van der Waals surface area contributed by atoms with Gasteiger partial charge in [0.25, 0.3) is 0 Å². The van der Waals surface area contributed by atoms with Gasteiger partial charge in [0, 0.05) is 36.2 Å². The van der Waals surface area contributed by atoms with Gasteiger partial charge < -0.3 is 15.1 Å². The van der Waals surface area contributed by atoms with E-state index in [1.165, 1.54) is 56.8 Å². The highest BCUT2D eigenvalue weighted by atomic mass is 32.2. The third kappa shape index (κ3) is 3.62. The van der Waals surface area contributed by atoms with Crippen molar-refractivity contribution in [2.24, 2.45) is 0 Å². The zero-order chi connectivity index (χ0) is 13.0. The second-order valence-electron chi connectivity index (χ2n) is 6.22. The molecule has 0 radical (unpaired) electrons. The topological polar surface area (TPSA) is 18.5 Å². The third-order valence-corrected chi connectivity index (χ3v) is 5.79. The van der Waals surface area contributed by atoms with Gasteiger partial charge in [0.1, 0.15) is 0 Å².